The summed E-state index contributed by atoms with van der Waals surface area (Å²) in [4.78, 5) is 28.0. The Morgan fingerprint density at radius 3 is 2.26 bits per heavy atom. The van der Waals surface area contributed by atoms with Gasteiger partial charge in [0.25, 0.3) is 5.91 Å². The Bertz CT molecular complexity index is 957. The molecule has 6 nitrogen and oxygen atoms in total. The lowest BCUT2D eigenvalue weighted by molar-refractivity contribution is 0.0600. The first kappa shape index (κ1) is 18.1. The minimum absolute atomic E-state index is 0.340. The zero-order valence-corrected chi connectivity index (χ0v) is 14.4. The zero-order chi connectivity index (χ0) is 19.2. The van der Waals surface area contributed by atoms with Crippen molar-refractivity contribution < 1.29 is 18.7 Å². The van der Waals surface area contributed by atoms with Crippen molar-refractivity contribution in [1.29, 1.82) is 0 Å². The smallest absolute Gasteiger partial charge is 0.337 e. The highest BCUT2D eigenvalue weighted by atomic mass is 19.1. The van der Waals surface area contributed by atoms with E-state index >= 15 is 0 Å². The monoisotopic (exact) mass is 365 g/mol. The Kier molecular flexibility index (Phi) is 5.41. The van der Waals surface area contributed by atoms with Crippen molar-refractivity contribution in [3.8, 4) is 0 Å². The number of carbonyl (C=O) groups is 2. The molecule has 0 aliphatic rings. The van der Waals surface area contributed by atoms with Crippen LogP contribution < -0.4 is 10.6 Å². The molecular weight excluding hydrogens is 349 g/mol. The van der Waals surface area contributed by atoms with Crippen LogP contribution >= 0.6 is 0 Å². The van der Waals surface area contributed by atoms with Crippen LogP contribution in [0.2, 0.25) is 0 Å². The summed E-state index contributed by atoms with van der Waals surface area (Å²) in [6.45, 7) is 0. The second kappa shape index (κ2) is 8.09. The summed E-state index contributed by atoms with van der Waals surface area (Å²) in [5.74, 6) is -0.665. The number of methoxy groups -OCH3 is 1. The SMILES string of the molecule is COC(=O)c1ccc(Nc2cc(C(=O)Nc3ccc(F)cc3)ccn2)cc1. The molecule has 0 unspecified atom stereocenters. The molecule has 0 spiro atoms. The fourth-order valence-corrected chi connectivity index (χ4v) is 2.33. The lowest BCUT2D eigenvalue weighted by Crippen LogP contribution is -2.12. The third-order valence-electron chi connectivity index (χ3n) is 3.70. The largest absolute Gasteiger partial charge is 0.465 e. The van der Waals surface area contributed by atoms with Crippen LogP contribution in [-0.4, -0.2) is 24.0 Å². The van der Waals surface area contributed by atoms with Crippen LogP contribution in [0.3, 0.4) is 0 Å². The molecule has 1 heterocycles. The van der Waals surface area contributed by atoms with Crippen LogP contribution in [-0.2, 0) is 4.74 Å². The number of ether oxygens (including phenoxy) is 1. The van der Waals surface area contributed by atoms with Gasteiger partial charge in [-0.3, -0.25) is 4.79 Å². The van der Waals surface area contributed by atoms with Crippen LogP contribution in [0, 0.1) is 5.82 Å². The van der Waals surface area contributed by atoms with E-state index < -0.39 is 5.97 Å². The van der Waals surface area contributed by atoms with Crippen LogP contribution in [0.4, 0.5) is 21.6 Å². The molecule has 0 aliphatic heterocycles. The molecular formula is C20H16FN3O3. The average molecular weight is 365 g/mol. The number of pyridine rings is 1. The summed E-state index contributed by atoms with van der Waals surface area (Å²) in [5, 5.41) is 5.75. The number of benzene rings is 2. The molecule has 3 aromatic rings. The highest BCUT2D eigenvalue weighted by Crippen LogP contribution is 2.18. The maximum Gasteiger partial charge on any atom is 0.337 e. The van der Waals surface area contributed by atoms with Gasteiger partial charge in [0.2, 0.25) is 0 Å². The molecule has 2 aromatic carbocycles. The van der Waals surface area contributed by atoms with E-state index in [4.69, 9.17) is 0 Å². The van der Waals surface area contributed by atoms with Gasteiger partial charge in [-0.1, -0.05) is 0 Å². The Balaban J connectivity index is 1.70. The predicted molar refractivity (Wildman–Crippen MR) is 99.7 cm³/mol. The predicted octanol–water partition coefficient (Wildman–Crippen LogP) is 4.00. The molecule has 0 atom stereocenters. The summed E-state index contributed by atoms with van der Waals surface area (Å²) in [7, 11) is 1.32. The number of hydrogen-bond acceptors (Lipinski definition) is 5. The average Bonchev–Trinajstić information content (AvgIpc) is 2.70. The quantitative estimate of drug-likeness (QED) is 0.668. The van der Waals surface area contributed by atoms with Gasteiger partial charge in [0.1, 0.15) is 11.6 Å². The van der Waals surface area contributed by atoms with Crippen molar-refractivity contribution in [1.82, 2.24) is 4.98 Å². The molecule has 0 fully saturated rings. The molecule has 7 heteroatoms. The topological polar surface area (TPSA) is 80.3 Å². The molecule has 0 bridgehead atoms. The van der Waals surface area contributed by atoms with Gasteiger partial charge >= 0.3 is 5.97 Å². The molecule has 1 amide bonds. The third-order valence-corrected chi connectivity index (χ3v) is 3.70. The summed E-state index contributed by atoms with van der Waals surface area (Å²) in [6, 6.07) is 15.3. The second-order valence-electron chi connectivity index (χ2n) is 5.58. The lowest BCUT2D eigenvalue weighted by Gasteiger charge is -2.09. The van der Waals surface area contributed by atoms with E-state index in [9.17, 15) is 14.0 Å². The van der Waals surface area contributed by atoms with Crippen molar-refractivity contribution in [3.05, 3.63) is 83.8 Å². The van der Waals surface area contributed by atoms with Gasteiger partial charge in [-0.15, -0.1) is 0 Å². The highest BCUT2D eigenvalue weighted by Gasteiger charge is 2.09. The zero-order valence-electron chi connectivity index (χ0n) is 14.4. The fourth-order valence-electron chi connectivity index (χ4n) is 2.33. The Morgan fingerprint density at radius 2 is 1.59 bits per heavy atom. The van der Waals surface area contributed by atoms with E-state index in [1.165, 1.54) is 37.6 Å². The number of amides is 1. The van der Waals surface area contributed by atoms with E-state index in [-0.39, 0.29) is 11.7 Å². The Hall–Kier alpha value is -3.74. The van der Waals surface area contributed by atoms with E-state index in [0.29, 0.717) is 28.3 Å². The number of esters is 1. The van der Waals surface area contributed by atoms with Gasteiger partial charge in [0.15, 0.2) is 0 Å². The van der Waals surface area contributed by atoms with Crippen LogP contribution in [0.1, 0.15) is 20.7 Å². The summed E-state index contributed by atoms with van der Waals surface area (Å²) in [6.07, 6.45) is 1.50. The first-order valence-corrected chi connectivity index (χ1v) is 8.03. The molecule has 0 radical (unpaired) electrons. The molecule has 27 heavy (non-hydrogen) atoms. The molecule has 1 aromatic heterocycles. The van der Waals surface area contributed by atoms with Gasteiger partial charge in [-0.2, -0.15) is 0 Å². The third kappa shape index (κ3) is 4.66. The van der Waals surface area contributed by atoms with Gasteiger partial charge < -0.3 is 15.4 Å². The number of anilines is 3. The first-order valence-electron chi connectivity index (χ1n) is 8.03. The normalized spacial score (nSPS) is 10.1. The molecule has 0 saturated carbocycles. The first-order chi connectivity index (χ1) is 13.0. The number of aromatic nitrogens is 1. The number of halogens is 1. The Labute approximate surface area is 155 Å². The fraction of sp³-hybridized carbons (Fsp3) is 0.0500. The molecule has 0 aliphatic carbocycles. The van der Waals surface area contributed by atoms with E-state index in [1.807, 2.05) is 0 Å². The summed E-state index contributed by atoms with van der Waals surface area (Å²) >= 11 is 0. The number of nitrogens with zero attached hydrogens (tertiary/aromatic N) is 1. The number of hydrogen-bond donors (Lipinski definition) is 2. The van der Waals surface area contributed by atoms with Crippen LogP contribution in [0.15, 0.2) is 66.9 Å². The summed E-state index contributed by atoms with van der Waals surface area (Å²) < 4.78 is 17.6. The maximum absolute atomic E-state index is 12.9. The number of rotatable bonds is 5. The van der Waals surface area contributed by atoms with Gasteiger partial charge in [0.05, 0.1) is 12.7 Å². The molecule has 3 rings (SSSR count). The maximum atomic E-state index is 12.9. The molecule has 2 N–H and O–H groups in total. The van der Waals surface area contributed by atoms with Crippen molar-refractivity contribution in [2.75, 3.05) is 17.7 Å². The van der Waals surface area contributed by atoms with Crippen molar-refractivity contribution in [2.24, 2.45) is 0 Å². The van der Waals surface area contributed by atoms with Crippen molar-refractivity contribution >= 4 is 29.1 Å². The van der Waals surface area contributed by atoms with Crippen LogP contribution in [0.5, 0.6) is 0 Å². The minimum Gasteiger partial charge on any atom is -0.465 e. The summed E-state index contributed by atoms with van der Waals surface area (Å²) in [5.41, 5.74) is 2.02. The van der Waals surface area contributed by atoms with E-state index in [1.54, 1.807) is 36.4 Å². The van der Waals surface area contributed by atoms with Crippen molar-refractivity contribution in [3.63, 3.8) is 0 Å². The van der Waals surface area contributed by atoms with E-state index in [0.717, 1.165) is 0 Å². The minimum atomic E-state index is -0.417. The van der Waals surface area contributed by atoms with Gasteiger partial charge in [0, 0.05) is 23.1 Å². The Morgan fingerprint density at radius 1 is 0.926 bits per heavy atom. The highest BCUT2D eigenvalue weighted by molar-refractivity contribution is 6.04. The van der Waals surface area contributed by atoms with Gasteiger partial charge in [-0.25, -0.2) is 14.2 Å². The number of nitrogens with one attached hydrogen (secondary N) is 2. The van der Waals surface area contributed by atoms with E-state index in [2.05, 4.69) is 20.4 Å². The van der Waals surface area contributed by atoms with Crippen molar-refractivity contribution in [2.45, 2.75) is 0 Å². The van der Waals surface area contributed by atoms with Gasteiger partial charge in [-0.05, 0) is 60.7 Å². The molecule has 0 saturated heterocycles. The molecule has 136 valence electrons. The lowest BCUT2D eigenvalue weighted by atomic mass is 10.2. The standard InChI is InChI=1S/C20H16FN3O3/c1-27-20(26)13-2-6-16(7-3-13)23-18-12-14(10-11-22-18)19(25)24-17-8-4-15(21)5-9-17/h2-12H,1H3,(H,22,23)(H,24,25). The second-order valence-corrected chi connectivity index (χ2v) is 5.58. The number of carbonyl (C=O) groups excluding carboxylic acids is 2. The van der Waals surface area contributed by atoms with Crippen LogP contribution in [0.25, 0.3) is 0 Å².